The van der Waals surface area contributed by atoms with E-state index in [-0.39, 0.29) is 0 Å². The number of rotatable bonds is 5. The number of hydrogen-bond acceptors (Lipinski definition) is 3. The fraction of sp³-hybridized carbons (Fsp3) is 1.00. The fourth-order valence-electron chi connectivity index (χ4n) is 3.32. The Bertz CT molecular complexity index is 204. The van der Waals surface area contributed by atoms with E-state index in [1.54, 1.807) is 0 Å². The summed E-state index contributed by atoms with van der Waals surface area (Å²) in [7, 11) is 0. The molecule has 0 aromatic rings. The molecule has 0 atom stereocenters. The lowest BCUT2D eigenvalue weighted by atomic mass is 9.92. The van der Waals surface area contributed by atoms with Gasteiger partial charge in [-0.15, -0.1) is 0 Å². The van der Waals surface area contributed by atoms with Crippen LogP contribution < -0.4 is 5.32 Å². The molecule has 2 saturated heterocycles. The molecule has 3 heteroatoms. The predicted octanol–water partition coefficient (Wildman–Crippen LogP) is 1.79. The molecule has 0 radical (unpaired) electrons. The minimum Gasteiger partial charge on any atom is -0.315 e. The van der Waals surface area contributed by atoms with Crippen molar-refractivity contribution < 1.29 is 0 Å². The first-order chi connectivity index (χ1) is 8.88. The first-order valence-electron chi connectivity index (χ1n) is 8.04. The third-order valence-corrected chi connectivity index (χ3v) is 4.57. The Kier molecular flexibility index (Phi) is 6.46. The van der Waals surface area contributed by atoms with Crippen molar-refractivity contribution in [1.82, 2.24) is 15.1 Å². The summed E-state index contributed by atoms with van der Waals surface area (Å²) in [5.41, 5.74) is 0. The molecular formula is C15H31N3. The standard InChI is InChI=1S/C15H31N3/c1-2-4-15-5-10-18(11-6-15)14-13-17-9-3-7-16-8-12-17/h15-16H,2-14H2,1H3. The van der Waals surface area contributed by atoms with Gasteiger partial charge in [-0.1, -0.05) is 19.8 Å². The number of hydrogen-bond donors (Lipinski definition) is 1. The van der Waals surface area contributed by atoms with Gasteiger partial charge in [-0.25, -0.2) is 0 Å². The van der Waals surface area contributed by atoms with Crippen LogP contribution in [-0.2, 0) is 0 Å². The fourth-order valence-corrected chi connectivity index (χ4v) is 3.32. The molecule has 18 heavy (non-hydrogen) atoms. The second-order valence-electron chi connectivity index (χ2n) is 6.02. The van der Waals surface area contributed by atoms with Crippen LogP contribution in [0.4, 0.5) is 0 Å². The van der Waals surface area contributed by atoms with Crippen LogP contribution in [0.3, 0.4) is 0 Å². The Morgan fingerprint density at radius 3 is 2.39 bits per heavy atom. The SMILES string of the molecule is CCCC1CCN(CCN2CCCNCC2)CC1. The van der Waals surface area contributed by atoms with Crippen LogP contribution in [0, 0.1) is 5.92 Å². The molecule has 0 unspecified atom stereocenters. The van der Waals surface area contributed by atoms with Crippen molar-refractivity contribution in [3.8, 4) is 0 Å². The Labute approximate surface area is 113 Å². The maximum Gasteiger partial charge on any atom is 0.0110 e. The van der Waals surface area contributed by atoms with Crippen molar-refractivity contribution in [1.29, 1.82) is 0 Å². The Morgan fingerprint density at radius 2 is 1.67 bits per heavy atom. The van der Waals surface area contributed by atoms with Gasteiger partial charge in [0, 0.05) is 26.2 Å². The van der Waals surface area contributed by atoms with Gasteiger partial charge in [0.05, 0.1) is 0 Å². The van der Waals surface area contributed by atoms with Crippen LogP contribution in [-0.4, -0.2) is 62.2 Å². The molecule has 2 aliphatic heterocycles. The first kappa shape index (κ1) is 14.3. The van der Waals surface area contributed by atoms with Crippen molar-refractivity contribution in [2.24, 2.45) is 5.92 Å². The van der Waals surface area contributed by atoms with Crippen molar-refractivity contribution in [3.05, 3.63) is 0 Å². The van der Waals surface area contributed by atoms with Gasteiger partial charge in [-0.2, -0.15) is 0 Å². The van der Waals surface area contributed by atoms with E-state index in [0.717, 1.165) is 5.92 Å². The van der Waals surface area contributed by atoms with Crippen molar-refractivity contribution in [2.45, 2.75) is 39.0 Å². The number of likely N-dealkylation sites (tertiary alicyclic amines) is 1. The molecule has 3 nitrogen and oxygen atoms in total. The average molecular weight is 253 g/mol. The Balaban J connectivity index is 1.59. The lowest BCUT2D eigenvalue weighted by molar-refractivity contribution is 0.154. The van der Waals surface area contributed by atoms with Gasteiger partial charge in [0.25, 0.3) is 0 Å². The highest BCUT2D eigenvalue weighted by atomic mass is 15.2. The van der Waals surface area contributed by atoms with E-state index in [4.69, 9.17) is 0 Å². The number of nitrogens with one attached hydrogen (secondary N) is 1. The van der Waals surface area contributed by atoms with E-state index in [9.17, 15) is 0 Å². The lowest BCUT2D eigenvalue weighted by Gasteiger charge is -2.33. The summed E-state index contributed by atoms with van der Waals surface area (Å²) in [5.74, 6) is 1.02. The first-order valence-corrected chi connectivity index (χ1v) is 8.04. The normalized spacial score (nSPS) is 25.2. The molecule has 0 aromatic heterocycles. The van der Waals surface area contributed by atoms with E-state index < -0.39 is 0 Å². The van der Waals surface area contributed by atoms with Gasteiger partial charge >= 0.3 is 0 Å². The summed E-state index contributed by atoms with van der Waals surface area (Å²) < 4.78 is 0. The molecule has 1 N–H and O–H groups in total. The lowest BCUT2D eigenvalue weighted by Crippen LogP contribution is -2.40. The van der Waals surface area contributed by atoms with Gasteiger partial charge < -0.3 is 15.1 Å². The third-order valence-electron chi connectivity index (χ3n) is 4.57. The molecule has 2 rings (SSSR count). The zero-order valence-electron chi connectivity index (χ0n) is 12.2. The molecular weight excluding hydrogens is 222 g/mol. The third kappa shape index (κ3) is 4.87. The molecule has 0 aliphatic carbocycles. The quantitative estimate of drug-likeness (QED) is 0.806. The molecule has 2 fully saturated rings. The van der Waals surface area contributed by atoms with Crippen LogP contribution in [0.5, 0.6) is 0 Å². The largest absolute Gasteiger partial charge is 0.315 e. The monoisotopic (exact) mass is 253 g/mol. The molecule has 0 saturated carbocycles. The Morgan fingerprint density at radius 1 is 0.944 bits per heavy atom. The molecule has 2 aliphatic rings. The van der Waals surface area contributed by atoms with Crippen LogP contribution in [0.15, 0.2) is 0 Å². The second kappa shape index (κ2) is 8.13. The minimum absolute atomic E-state index is 1.02. The minimum atomic E-state index is 1.02. The van der Waals surface area contributed by atoms with E-state index in [2.05, 4.69) is 22.0 Å². The van der Waals surface area contributed by atoms with Crippen LogP contribution in [0.2, 0.25) is 0 Å². The van der Waals surface area contributed by atoms with Crippen LogP contribution in [0.25, 0.3) is 0 Å². The summed E-state index contributed by atoms with van der Waals surface area (Å²) in [5, 5.41) is 3.48. The van der Waals surface area contributed by atoms with Gasteiger partial charge in [0.15, 0.2) is 0 Å². The van der Waals surface area contributed by atoms with Gasteiger partial charge in [0.1, 0.15) is 0 Å². The topological polar surface area (TPSA) is 18.5 Å². The van der Waals surface area contributed by atoms with Gasteiger partial charge in [-0.3, -0.25) is 0 Å². The zero-order valence-corrected chi connectivity index (χ0v) is 12.2. The average Bonchev–Trinajstić information content (AvgIpc) is 2.67. The van der Waals surface area contributed by atoms with Gasteiger partial charge in [-0.05, 0) is 51.4 Å². The second-order valence-corrected chi connectivity index (χ2v) is 6.02. The van der Waals surface area contributed by atoms with E-state index in [0.29, 0.717) is 0 Å². The van der Waals surface area contributed by atoms with E-state index >= 15 is 0 Å². The highest BCUT2D eigenvalue weighted by Gasteiger charge is 2.18. The zero-order chi connectivity index (χ0) is 12.6. The molecule has 0 aromatic carbocycles. The van der Waals surface area contributed by atoms with Crippen molar-refractivity contribution >= 4 is 0 Å². The van der Waals surface area contributed by atoms with Crippen LogP contribution in [0.1, 0.15) is 39.0 Å². The molecule has 106 valence electrons. The molecule has 0 amide bonds. The van der Waals surface area contributed by atoms with Crippen molar-refractivity contribution in [2.75, 3.05) is 52.4 Å². The highest BCUT2D eigenvalue weighted by Crippen LogP contribution is 2.21. The maximum absolute atomic E-state index is 3.48. The summed E-state index contributed by atoms with van der Waals surface area (Å²) in [4.78, 5) is 5.32. The molecule has 0 spiro atoms. The summed E-state index contributed by atoms with van der Waals surface area (Å²) in [6, 6.07) is 0. The molecule has 2 heterocycles. The smallest absolute Gasteiger partial charge is 0.0110 e. The van der Waals surface area contributed by atoms with Crippen molar-refractivity contribution in [3.63, 3.8) is 0 Å². The van der Waals surface area contributed by atoms with Crippen LogP contribution >= 0.6 is 0 Å². The Hall–Kier alpha value is -0.120. The molecule has 0 bridgehead atoms. The van der Waals surface area contributed by atoms with E-state index in [1.807, 2.05) is 0 Å². The van der Waals surface area contributed by atoms with Gasteiger partial charge in [0.2, 0.25) is 0 Å². The number of piperidine rings is 1. The number of nitrogens with zero attached hydrogens (tertiary/aromatic N) is 2. The summed E-state index contributed by atoms with van der Waals surface area (Å²) in [6.45, 7) is 12.5. The summed E-state index contributed by atoms with van der Waals surface area (Å²) in [6.07, 6.45) is 7.01. The summed E-state index contributed by atoms with van der Waals surface area (Å²) >= 11 is 0. The predicted molar refractivity (Wildman–Crippen MR) is 78.0 cm³/mol. The van der Waals surface area contributed by atoms with E-state index in [1.165, 1.54) is 84.5 Å². The maximum atomic E-state index is 3.48. The highest BCUT2D eigenvalue weighted by molar-refractivity contribution is 4.74.